The van der Waals surface area contributed by atoms with Crippen LogP contribution in [0.5, 0.6) is 0 Å². The van der Waals surface area contributed by atoms with Crippen molar-refractivity contribution in [2.24, 2.45) is 5.41 Å². The maximum atomic E-state index is 12.5. The van der Waals surface area contributed by atoms with E-state index >= 15 is 0 Å². The maximum Gasteiger partial charge on any atom is 0.251 e. The van der Waals surface area contributed by atoms with Crippen molar-refractivity contribution in [3.05, 3.63) is 90.0 Å². The summed E-state index contributed by atoms with van der Waals surface area (Å²) >= 11 is 0. The van der Waals surface area contributed by atoms with Crippen LogP contribution in [0.4, 0.5) is 17.1 Å². The summed E-state index contributed by atoms with van der Waals surface area (Å²) in [5.74, 6) is -0.498. The van der Waals surface area contributed by atoms with Gasteiger partial charge in [0.15, 0.2) is 0 Å². The minimum Gasteiger partial charge on any atom is -0.376 e. The molecule has 3 rings (SSSR count). The molecule has 7 nitrogen and oxygen atoms in total. The molecule has 0 saturated heterocycles. The molecule has 4 N–H and O–H groups in total. The van der Waals surface area contributed by atoms with E-state index in [-0.39, 0.29) is 30.3 Å². The van der Waals surface area contributed by atoms with E-state index in [1.165, 1.54) is 0 Å². The molecule has 0 radical (unpaired) electrons. The van der Waals surface area contributed by atoms with Crippen LogP contribution >= 0.6 is 0 Å². The molecule has 3 amide bonds. The average Bonchev–Trinajstić information content (AvgIpc) is 2.83. The zero-order chi connectivity index (χ0) is 25.4. The molecule has 3 aromatic rings. The smallest absolute Gasteiger partial charge is 0.251 e. The summed E-state index contributed by atoms with van der Waals surface area (Å²) in [5, 5.41) is 11.7. The average molecular weight is 473 g/mol. The van der Waals surface area contributed by atoms with Crippen molar-refractivity contribution in [1.82, 2.24) is 5.32 Å². The van der Waals surface area contributed by atoms with E-state index in [1.54, 1.807) is 42.5 Å². The number of nitrogens with one attached hydrogen (secondary N) is 4. The molecular formula is C28H32N4O3. The first-order chi connectivity index (χ1) is 16.6. The van der Waals surface area contributed by atoms with Gasteiger partial charge in [-0.2, -0.15) is 0 Å². The van der Waals surface area contributed by atoms with Crippen molar-refractivity contribution in [1.29, 1.82) is 0 Å². The first-order valence-electron chi connectivity index (χ1n) is 11.5. The molecule has 0 aliphatic carbocycles. The van der Waals surface area contributed by atoms with Gasteiger partial charge in [-0.05, 0) is 55.0 Å². The van der Waals surface area contributed by atoms with E-state index in [1.807, 2.05) is 64.1 Å². The van der Waals surface area contributed by atoms with Crippen molar-refractivity contribution in [2.75, 3.05) is 22.5 Å². The number of carbonyl (C=O) groups is 3. The summed E-state index contributed by atoms with van der Waals surface area (Å²) in [5.41, 5.74) is 3.00. The zero-order valence-corrected chi connectivity index (χ0v) is 20.5. The lowest BCUT2D eigenvalue weighted by atomic mass is 9.95. The predicted octanol–water partition coefficient (Wildman–Crippen LogP) is 5.21. The third kappa shape index (κ3) is 7.71. The normalized spacial score (nSPS) is 11.8. The Morgan fingerprint density at radius 1 is 0.771 bits per heavy atom. The lowest BCUT2D eigenvalue weighted by Gasteiger charge is -2.18. The van der Waals surface area contributed by atoms with Crippen LogP contribution in [-0.2, 0) is 9.59 Å². The van der Waals surface area contributed by atoms with Gasteiger partial charge in [-0.15, -0.1) is 0 Å². The summed E-state index contributed by atoms with van der Waals surface area (Å²) in [6, 6.07) is 23.6. The minimum atomic E-state index is -0.500. The van der Waals surface area contributed by atoms with Gasteiger partial charge in [-0.25, -0.2) is 0 Å². The molecule has 0 bridgehead atoms. The Morgan fingerprint density at radius 3 is 2.09 bits per heavy atom. The van der Waals surface area contributed by atoms with Crippen LogP contribution in [0.3, 0.4) is 0 Å². The molecule has 0 aliphatic rings. The van der Waals surface area contributed by atoms with Gasteiger partial charge in [0.25, 0.3) is 5.91 Å². The molecule has 0 spiro atoms. The van der Waals surface area contributed by atoms with Crippen LogP contribution in [0, 0.1) is 5.41 Å². The lowest BCUT2D eigenvalue weighted by Crippen LogP contribution is -2.27. The summed E-state index contributed by atoms with van der Waals surface area (Å²) < 4.78 is 0. The van der Waals surface area contributed by atoms with E-state index in [9.17, 15) is 14.4 Å². The van der Waals surface area contributed by atoms with Crippen molar-refractivity contribution in [3.63, 3.8) is 0 Å². The van der Waals surface area contributed by atoms with Crippen LogP contribution in [-0.4, -0.2) is 24.3 Å². The highest BCUT2D eigenvalue weighted by atomic mass is 16.2. The van der Waals surface area contributed by atoms with Crippen LogP contribution in [0.2, 0.25) is 0 Å². The monoisotopic (exact) mass is 472 g/mol. The van der Waals surface area contributed by atoms with E-state index in [4.69, 9.17) is 0 Å². The zero-order valence-electron chi connectivity index (χ0n) is 20.5. The van der Waals surface area contributed by atoms with Crippen molar-refractivity contribution < 1.29 is 14.4 Å². The summed E-state index contributed by atoms with van der Waals surface area (Å²) in [4.78, 5) is 37.1. The molecule has 0 aliphatic heterocycles. The Hall–Kier alpha value is -4.13. The molecule has 0 saturated carbocycles. The number of hydrogen-bond acceptors (Lipinski definition) is 4. The second-order valence-electron chi connectivity index (χ2n) is 9.37. The molecule has 35 heavy (non-hydrogen) atoms. The maximum absolute atomic E-state index is 12.5. The Kier molecular flexibility index (Phi) is 8.25. The van der Waals surface area contributed by atoms with Gasteiger partial charge < -0.3 is 21.3 Å². The van der Waals surface area contributed by atoms with E-state index in [0.717, 1.165) is 5.56 Å². The number of amides is 3. The summed E-state index contributed by atoms with van der Waals surface area (Å²) in [6.45, 7) is 7.52. The quantitative estimate of drug-likeness (QED) is 0.361. The number of carbonyl (C=O) groups excluding carboxylic acids is 3. The second kappa shape index (κ2) is 11.3. The first kappa shape index (κ1) is 25.5. The Balaban J connectivity index is 1.50. The topological polar surface area (TPSA) is 99.3 Å². The number of rotatable bonds is 8. The van der Waals surface area contributed by atoms with Gasteiger partial charge in [-0.3, -0.25) is 14.4 Å². The third-order valence-electron chi connectivity index (χ3n) is 5.33. The van der Waals surface area contributed by atoms with Gasteiger partial charge in [0.05, 0.1) is 12.6 Å². The van der Waals surface area contributed by atoms with Gasteiger partial charge in [0, 0.05) is 28.0 Å². The highest BCUT2D eigenvalue weighted by Crippen LogP contribution is 2.20. The van der Waals surface area contributed by atoms with Crippen LogP contribution < -0.4 is 21.3 Å². The van der Waals surface area contributed by atoms with Gasteiger partial charge in [0.1, 0.15) is 0 Å². The molecule has 0 heterocycles. The van der Waals surface area contributed by atoms with Gasteiger partial charge >= 0.3 is 0 Å². The fourth-order valence-corrected chi connectivity index (χ4v) is 3.22. The van der Waals surface area contributed by atoms with E-state index in [2.05, 4.69) is 21.3 Å². The Labute approximate surface area is 206 Å². The molecule has 1 atom stereocenters. The third-order valence-corrected chi connectivity index (χ3v) is 5.33. The first-order valence-corrected chi connectivity index (χ1v) is 11.5. The standard InChI is InChI=1S/C28H32N4O3/c1-19(20-9-6-5-7-10-20)30-26(34)21-13-15-22(16-14-21)31-25(33)18-29-23-11-8-12-24(17-23)32-27(35)28(2,3)4/h5-17,19,29H,18H2,1-4H3,(H,30,34)(H,31,33)(H,32,35). The highest BCUT2D eigenvalue weighted by Gasteiger charge is 2.21. The largest absolute Gasteiger partial charge is 0.376 e. The minimum absolute atomic E-state index is 0.0491. The predicted molar refractivity (Wildman–Crippen MR) is 140 cm³/mol. The van der Waals surface area contributed by atoms with Gasteiger partial charge in [0.2, 0.25) is 11.8 Å². The van der Waals surface area contributed by atoms with Crippen molar-refractivity contribution in [3.8, 4) is 0 Å². The number of hydrogen-bond donors (Lipinski definition) is 4. The Bertz CT molecular complexity index is 1170. The molecule has 7 heteroatoms. The molecule has 182 valence electrons. The number of anilines is 3. The van der Waals surface area contributed by atoms with Crippen molar-refractivity contribution >= 4 is 34.8 Å². The Morgan fingerprint density at radius 2 is 1.43 bits per heavy atom. The fraction of sp³-hybridized carbons (Fsp3) is 0.250. The SMILES string of the molecule is CC(NC(=O)c1ccc(NC(=O)CNc2cccc(NC(=O)C(C)(C)C)c2)cc1)c1ccccc1. The van der Waals surface area contributed by atoms with Gasteiger partial charge in [-0.1, -0.05) is 57.2 Å². The second-order valence-corrected chi connectivity index (χ2v) is 9.37. The highest BCUT2D eigenvalue weighted by molar-refractivity contribution is 5.97. The van der Waals surface area contributed by atoms with Crippen molar-refractivity contribution in [2.45, 2.75) is 33.7 Å². The lowest BCUT2D eigenvalue weighted by molar-refractivity contribution is -0.123. The molecular weight excluding hydrogens is 440 g/mol. The summed E-state index contributed by atoms with van der Waals surface area (Å²) in [6.07, 6.45) is 0. The van der Waals surface area contributed by atoms with Crippen LogP contribution in [0.1, 0.15) is 49.7 Å². The van der Waals surface area contributed by atoms with E-state index < -0.39 is 5.41 Å². The molecule has 3 aromatic carbocycles. The fourth-order valence-electron chi connectivity index (χ4n) is 3.22. The molecule has 1 unspecified atom stereocenters. The molecule has 0 aromatic heterocycles. The number of benzene rings is 3. The van der Waals surface area contributed by atoms with Crippen LogP contribution in [0.25, 0.3) is 0 Å². The van der Waals surface area contributed by atoms with Crippen LogP contribution in [0.15, 0.2) is 78.9 Å². The molecule has 0 fully saturated rings. The van der Waals surface area contributed by atoms with E-state index in [0.29, 0.717) is 22.6 Å². The summed E-state index contributed by atoms with van der Waals surface area (Å²) in [7, 11) is 0.